The molecule has 0 bridgehead atoms. The average molecular weight is 400 g/mol. The van der Waals surface area contributed by atoms with Gasteiger partial charge in [0.05, 0.1) is 17.3 Å². The summed E-state index contributed by atoms with van der Waals surface area (Å²) in [5.41, 5.74) is 2.77. The molecule has 0 saturated carbocycles. The fraction of sp³-hybridized carbons (Fsp3) is 0.136. The van der Waals surface area contributed by atoms with E-state index in [4.69, 9.17) is 32.7 Å². The lowest BCUT2D eigenvalue weighted by Crippen LogP contribution is -1.96. The highest BCUT2D eigenvalue weighted by Crippen LogP contribution is 2.26. The number of hydrogen-bond donors (Lipinski definition) is 0. The Morgan fingerprint density at radius 3 is 2.30 bits per heavy atom. The molecule has 0 atom stereocenters. The lowest BCUT2D eigenvalue weighted by molar-refractivity contribution is 0.306. The Kier molecular flexibility index (Phi) is 6.74. The monoisotopic (exact) mass is 399 g/mol. The second kappa shape index (κ2) is 9.45. The highest BCUT2D eigenvalue weighted by atomic mass is 35.5. The number of nitrogens with zero attached hydrogens (tertiary/aromatic N) is 1. The van der Waals surface area contributed by atoms with E-state index in [9.17, 15) is 0 Å². The predicted molar refractivity (Wildman–Crippen MR) is 112 cm³/mol. The third kappa shape index (κ3) is 5.75. The van der Waals surface area contributed by atoms with Crippen molar-refractivity contribution in [1.82, 2.24) is 0 Å². The van der Waals surface area contributed by atoms with Crippen LogP contribution in [0.25, 0.3) is 0 Å². The van der Waals surface area contributed by atoms with Crippen LogP contribution in [0.4, 0.5) is 5.69 Å². The summed E-state index contributed by atoms with van der Waals surface area (Å²) in [6.45, 7) is 3.03. The molecule has 138 valence electrons. The Morgan fingerprint density at radius 2 is 1.63 bits per heavy atom. The minimum absolute atomic E-state index is 0.427. The van der Waals surface area contributed by atoms with E-state index in [1.807, 2.05) is 73.7 Å². The molecule has 0 spiro atoms. The zero-order valence-corrected chi connectivity index (χ0v) is 16.4. The first kappa shape index (κ1) is 19.3. The fourth-order valence-electron chi connectivity index (χ4n) is 2.40. The maximum atomic E-state index is 6.33. The number of rotatable bonds is 7. The van der Waals surface area contributed by atoms with E-state index in [1.165, 1.54) is 0 Å². The van der Waals surface area contributed by atoms with Gasteiger partial charge in [0.1, 0.15) is 18.1 Å². The Balaban J connectivity index is 1.62. The summed E-state index contributed by atoms with van der Waals surface area (Å²) >= 11 is 12.2. The molecule has 0 saturated heterocycles. The second-order valence-electron chi connectivity index (χ2n) is 5.79. The van der Waals surface area contributed by atoms with Crippen LogP contribution < -0.4 is 9.47 Å². The van der Waals surface area contributed by atoms with Crippen molar-refractivity contribution in [3.8, 4) is 11.5 Å². The number of benzene rings is 3. The Labute approximate surface area is 169 Å². The quantitative estimate of drug-likeness (QED) is 0.412. The molecule has 3 rings (SSSR count). The predicted octanol–water partition coefficient (Wildman–Crippen LogP) is 6.72. The molecular weight excluding hydrogens is 381 g/mol. The summed E-state index contributed by atoms with van der Waals surface area (Å²) in [6.07, 6.45) is 1.77. The van der Waals surface area contributed by atoms with Crippen LogP contribution in [-0.2, 0) is 6.61 Å². The third-order valence-corrected chi connectivity index (χ3v) is 4.32. The van der Waals surface area contributed by atoms with Gasteiger partial charge in [0.2, 0.25) is 0 Å². The third-order valence-electron chi connectivity index (χ3n) is 3.77. The molecule has 0 heterocycles. The van der Waals surface area contributed by atoms with Gasteiger partial charge in [-0.15, -0.1) is 0 Å². The summed E-state index contributed by atoms with van der Waals surface area (Å²) < 4.78 is 11.2. The minimum Gasteiger partial charge on any atom is -0.494 e. The van der Waals surface area contributed by atoms with Crippen molar-refractivity contribution in [3.63, 3.8) is 0 Å². The zero-order chi connectivity index (χ0) is 19.1. The molecule has 27 heavy (non-hydrogen) atoms. The van der Waals surface area contributed by atoms with Crippen LogP contribution in [0.1, 0.15) is 18.1 Å². The molecule has 5 heteroatoms. The van der Waals surface area contributed by atoms with Gasteiger partial charge in [0.15, 0.2) is 0 Å². The van der Waals surface area contributed by atoms with Gasteiger partial charge in [0.25, 0.3) is 0 Å². The van der Waals surface area contributed by atoms with Crippen molar-refractivity contribution < 1.29 is 9.47 Å². The Bertz CT molecular complexity index is 907. The standard InChI is InChI=1S/C22H19Cl2NO2/c1-2-26-20-10-8-19(9-11-20)25-14-17-5-12-22(21(24)13-17)27-15-16-3-6-18(23)7-4-16/h3-14H,2,15H2,1H3. The summed E-state index contributed by atoms with van der Waals surface area (Å²) in [4.78, 5) is 4.46. The molecule has 3 aromatic rings. The van der Waals surface area contributed by atoms with E-state index in [0.29, 0.717) is 29.0 Å². The normalized spacial score (nSPS) is 10.9. The van der Waals surface area contributed by atoms with Crippen molar-refractivity contribution >= 4 is 35.1 Å². The Hall–Kier alpha value is -2.49. The van der Waals surface area contributed by atoms with Crippen LogP contribution in [0.3, 0.4) is 0 Å². The van der Waals surface area contributed by atoms with Gasteiger partial charge in [-0.2, -0.15) is 0 Å². The van der Waals surface area contributed by atoms with E-state index in [1.54, 1.807) is 6.21 Å². The van der Waals surface area contributed by atoms with Crippen molar-refractivity contribution in [2.75, 3.05) is 6.61 Å². The highest BCUT2D eigenvalue weighted by molar-refractivity contribution is 6.32. The van der Waals surface area contributed by atoms with Gasteiger partial charge in [-0.05, 0) is 72.6 Å². The summed E-state index contributed by atoms with van der Waals surface area (Å²) in [7, 11) is 0. The van der Waals surface area contributed by atoms with Gasteiger partial charge >= 0.3 is 0 Å². The first-order chi connectivity index (χ1) is 13.1. The molecule has 0 aromatic heterocycles. The van der Waals surface area contributed by atoms with Crippen molar-refractivity contribution in [2.24, 2.45) is 4.99 Å². The molecule has 3 nitrogen and oxygen atoms in total. The van der Waals surface area contributed by atoms with Crippen LogP contribution in [0.5, 0.6) is 11.5 Å². The van der Waals surface area contributed by atoms with E-state index in [-0.39, 0.29) is 0 Å². The zero-order valence-electron chi connectivity index (χ0n) is 14.9. The van der Waals surface area contributed by atoms with Gasteiger partial charge in [-0.3, -0.25) is 4.99 Å². The van der Waals surface area contributed by atoms with Crippen LogP contribution in [0, 0.1) is 0 Å². The van der Waals surface area contributed by atoms with E-state index < -0.39 is 0 Å². The molecule has 3 aromatic carbocycles. The lowest BCUT2D eigenvalue weighted by atomic mass is 10.2. The van der Waals surface area contributed by atoms with Crippen molar-refractivity contribution in [3.05, 3.63) is 87.9 Å². The van der Waals surface area contributed by atoms with E-state index in [0.717, 1.165) is 22.6 Å². The molecule has 0 aliphatic carbocycles. The molecule has 0 amide bonds. The first-order valence-corrected chi connectivity index (χ1v) is 9.33. The molecule has 0 fully saturated rings. The van der Waals surface area contributed by atoms with Gasteiger partial charge in [-0.1, -0.05) is 35.3 Å². The fourth-order valence-corrected chi connectivity index (χ4v) is 2.77. The second-order valence-corrected chi connectivity index (χ2v) is 6.63. The number of aliphatic imine (C=N–C) groups is 1. The molecule has 0 N–H and O–H groups in total. The SMILES string of the molecule is CCOc1ccc(N=Cc2ccc(OCc3ccc(Cl)cc3)c(Cl)c2)cc1. The molecule has 0 aliphatic rings. The van der Waals surface area contributed by atoms with Crippen LogP contribution >= 0.6 is 23.2 Å². The van der Waals surface area contributed by atoms with E-state index in [2.05, 4.69) is 4.99 Å². The average Bonchev–Trinajstić information content (AvgIpc) is 2.68. The molecule has 0 unspecified atom stereocenters. The number of ether oxygens (including phenoxy) is 2. The summed E-state index contributed by atoms with van der Waals surface area (Å²) in [5, 5.41) is 1.24. The topological polar surface area (TPSA) is 30.8 Å². The molecule has 0 aliphatic heterocycles. The van der Waals surface area contributed by atoms with Gasteiger partial charge < -0.3 is 9.47 Å². The van der Waals surface area contributed by atoms with E-state index >= 15 is 0 Å². The first-order valence-electron chi connectivity index (χ1n) is 8.58. The minimum atomic E-state index is 0.427. The van der Waals surface area contributed by atoms with Gasteiger partial charge in [0, 0.05) is 11.2 Å². The van der Waals surface area contributed by atoms with Crippen LogP contribution in [-0.4, -0.2) is 12.8 Å². The van der Waals surface area contributed by atoms with Crippen molar-refractivity contribution in [2.45, 2.75) is 13.5 Å². The highest BCUT2D eigenvalue weighted by Gasteiger charge is 2.03. The summed E-state index contributed by atoms with van der Waals surface area (Å²) in [5.74, 6) is 1.46. The molecule has 0 radical (unpaired) electrons. The number of halogens is 2. The maximum absolute atomic E-state index is 6.33. The van der Waals surface area contributed by atoms with Crippen molar-refractivity contribution in [1.29, 1.82) is 0 Å². The Morgan fingerprint density at radius 1 is 0.889 bits per heavy atom. The van der Waals surface area contributed by atoms with Gasteiger partial charge in [-0.25, -0.2) is 0 Å². The smallest absolute Gasteiger partial charge is 0.138 e. The van der Waals surface area contributed by atoms with Crippen LogP contribution in [0.2, 0.25) is 10.0 Å². The lowest BCUT2D eigenvalue weighted by Gasteiger charge is -2.09. The van der Waals surface area contributed by atoms with Crippen LogP contribution in [0.15, 0.2) is 71.7 Å². The largest absolute Gasteiger partial charge is 0.494 e. The maximum Gasteiger partial charge on any atom is 0.138 e. The number of hydrogen-bond acceptors (Lipinski definition) is 3. The summed E-state index contributed by atoms with van der Waals surface area (Å²) in [6, 6.07) is 20.7. The molecular formula is C22H19Cl2NO2.